The molecule has 0 radical (unpaired) electrons. The van der Waals surface area contributed by atoms with Crippen molar-refractivity contribution in [3.63, 3.8) is 0 Å². The highest BCUT2D eigenvalue weighted by atomic mass is 31.3. The maximum atomic E-state index is 12.6. The summed E-state index contributed by atoms with van der Waals surface area (Å²) in [6, 6.07) is 0. The fourth-order valence-corrected chi connectivity index (χ4v) is 7.24. The van der Waals surface area contributed by atoms with E-state index in [0.29, 0.717) is 0 Å². The highest BCUT2D eigenvalue weighted by Crippen LogP contribution is 2.61. The number of aliphatic hydroxyl groups is 2. The quantitative estimate of drug-likeness (QED) is 0.0526. The lowest BCUT2D eigenvalue weighted by Gasteiger charge is -2.30. The Hall–Kier alpha value is -2.99. The minimum absolute atomic E-state index is 0.0252. The molecule has 25 nitrogen and oxygen atoms in total. The molecule has 0 aliphatic carbocycles. The number of carboxylic acids is 1. The number of aromatic nitrogens is 4. The zero-order valence-electron chi connectivity index (χ0n) is 26.8. The molecule has 1 fully saturated rings. The number of rotatable bonds is 20. The predicted octanol–water partition coefficient (Wildman–Crippen LogP) is -1.73. The highest BCUT2D eigenvalue weighted by Gasteiger charge is 2.50. The number of nitrogen functional groups attached to an aromatic ring is 1. The van der Waals surface area contributed by atoms with Crippen molar-refractivity contribution in [1.82, 2.24) is 30.2 Å². The molecule has 1 aliphatic rings. The summed E-state index contributed by atoms with van der Waals surface area (Å²) in [6.45, 7) is 0.289. The number of phosphoric ester groups is 3. The van der Waals surface area contributed by atoms with Gasteiger partial charge in [0.15, 0.2) is 17.7 Å². The smallest absolute Gasteiger partial charge is 0.481 e. The molecule has 28 heteroatoms. The van der Waals surface area contributed by atoms with E-state index < -0.39 is 90.5 Å². The Labute approximate surface area is 287 Å². The van der Waals surface area contributed by atoms with Crippen LogP contribution in [0.5, 0.6) is 0 Å². The molecule has 3 heterocycles. The molecular formula is C23H38N7O18P3. The van der Waals surface area contributed by atoms with Gasteiger partial charge in [0.1, 0.15) is 36.3 Å². The average Bonchev–Trinajstić information content (AvgIpc) is 3.57. The number of nitrogens with one attached hydrogen (secondary N) is 2. The molecule has 2 amide bonds. The number of fused-ring (bicyclic) bond motifs is 1. The van der Waals surface area contributed by atoms with Gasteiger partial charge in [0.25, 0.3) is 0 Å². The summed E-state index contributed by atoms with van der Waals surface area (Å²) in [7, 11) is -16.4. The third-order valence-electron chi connectivity index (χ3n) is 6.97. The minimum Gasteiger partial charge on any atom is -0.481 e. The lowest BCUT2D eigenvalue weighted by Crippen LogP contribution is -2.46. The topological polar surface area (TPSA) is 384 Å². The van der Waals surface area contributed by atoms with Crippen LogP contribution in [0.25, 0.3) is 11.2 Å². The van der Waals surface area contributed by atoms with E-state index >= 15 is 0 Å². The van der Waals surface area contributed by atoms with Crippen LogP contribution in [0.1, 0.15) is 39.3 Å². The maximum Gasteiger partial charge on any atom is 0.481 e. The van der Waals surface area contributed by atoms with Gasteiger partial charge in [0, 0.05) is 31.3 Å². The number of carboxylic acid groups (broad SMARTS) is 1. The summed E-state index contributed by atoms with van der Waals surface area (Å²) in [6.07, 6.45) is -6.95. The van der Waals surface area contributed by atoms with E-state index in [1.165, 1.54) is 13.8 Å². The number of hydrogen-bond donors (Lipinski definition) is 10. The summed E-state index contributed by atoms with van der Waals surface area (Å²) >= 11 is 0. The van der Waals surface area contributed by atoms with E-state index in [4.69, 9.17) is 24.6 Å². The van der Waals surface area contributed by atoms with Crippen molar-refractivity contribution in [2.24, 2.45) is 5.41 Å². The number of imidazole rings is 1. The number of hydrogen-bond acceptors (Lipinski definition) is 17. The van der Waals surface area contributed by atoms with Crippen LogP contribution in [0.4, 0.5) is 5.82 Å². The summed E-state index contributed by atoms with van der Waals surface area (Å²) < 4.78 is 61.7. The summed E-state index contributed by atoms with van der Waals surface area (Å²) in [5, 5.41) is 34.6. The lowest BCUT2D eigenvalue weighted by molar-refractivity contribution is -0.138. The molecule has 1 aliphatic heterocycles. The van der Waals surface area contributed by atoms with Crippen LogP contribution in [0.3, 0.4) is 0 Å². The predicted molar refractivity (Wildman–Crippen MR) is 167 cm³/mol. The molecule has 0 bridgehead atoms. The van der Waals surface area contributed by atoms with E-state index in [2.05, 4.69) is 34.4 Å². The molecule has 3 unspecified atom stereocenters. The number of anilines is 1. The molecule has 288 valence electrons. The number of aliphatic carboxylic acids is 1. The van der Waals surface area contributed by atoms with Crippen LogP contribution in [0.2, 0.25) is 0 Å². The molecule has 3 rings (SSSR count). The first-order valence-electron chi connectivity index (χ1n) is 14.6. The highest BCUT2D eigenvalue weighted by molar-refractivity contribution is 7.61. The van der Waals surface area contributed by atoms with Crippen LogP contribution >= 0.6 is 23.5 Å². The normalized spacial score (nSPS) is 22.6. The molecule has 0 aromatic carbocycles. The van der Waals surface area contributed by atoms with E-state index in [1.54, 1.807) is 0 Å². The van der Waals surface area contributed by atoms with Gasteiger partial charge >= 0.3 is 29.4 Å². The third-order valence-corrected chi connectivity index (χ3v) is 10.1. The van der Waals surface area contributed by atoms with Gasteiger partial charge in [-0.05, 0) is 6.42 Å². The number of amides is 2. The number of ether oxygens (including phenoxy) is 1. The Kier molecular flexibility index (Phi) is 14.3. The van der Waals surface area contributed by atoms with Gasteiger partial charge in [-0.15, -0.1) is 0 Å². The Morgan fingerprint density at radius 3 is 2.35 bits per heavy atom. The molecule has 0 spiro atoms. The van der Waals surface area contributed by atoms with E-state index in [0.717, 1.165) is 17.2 Å². The first kappa shape index (κ1) is 42.4. The van der Waals surface area contributed by atoms with Crippen molar-refractivity contribution in [3.05, 3.63) is 12.7 Å². The Morgan fingerprint density at radius 2 is 1.71 bits per heavy atom. The average molecular weight is 794 g/mol. The molecule has 51 heavy (non-hydrogen) atoms. The second-order valence-electron chi connectivity index (χ2n) is 11.6. The number of nitrogens with two attached hydrogens (primary N) is 1. The molecule has 1 saturated heterocycles. The standard InChI is InChI=1S/C23H38N7O18P3/c1-23(2,18(35)21(36)26-7-5-13(31)25-6-3-4-14(32)33)9-45-51(42,43)48-50(40,41)44-8-12-17(47-49(37,38)39)16(34)22(46-12)30-11-29-15-19(24)27-10-28-20(15)30/h10-12,16-18,22,34-35H,3-9H2,1-2H3,(H,25,31)(H,26,36)(H,32,33)(H,40,41)(H,42,43)(H2,24,27,28)(H2,37,38,39)/t12-,16-,17-,18?,22-/m1/s1. The molecule has 2 aromatic heterocycles. The van der Waals surface area contributed by atoms with Crippen molar-refractivity contribution in [1.29, 1.82) is 0 Å². The van der Waals surface area contributed by atoms with Crippen LogP contribution in [-0.2, 0) is 50.7 Å². The van der Waals surface area contributed by atoms with Crippen molar-refractivity contribution >= 4 is 58.2 Å². The fraction of sp³-hybridized carbons (Fsp3) is 0.652. The Morgan fingerprint density at radius 1 is 1.04 bits per heavy atom. The molecular weight excluding hydrogens is 755 g/mol. The Bertz CT molecular complexity index is 1700. The van der Waals surface area contributed by atoms with Gasteiger partial charge in [0.2, 0.25) is 11.8 Å². The van der Waals surface area contributed by atoms with E-state index in [1.807, 2.05) is 0 Å². The second-order valence-corrected chi connectivity index (χ2v) is 15.8. The maximum absolute atomic E-state index is 12.6. The number of phosphoric acid groups is 3. The first-order valence-corrected chi connectivity index (χ1v) is 19.1. The van der Waals surface area contributed by atoms with Crippen molar-refractivity contribution in [2.45, 2.75) is 63.8 Å². The van der Waals surface area contributed by atoms with E-state index in [-0.39, 0.29) is 49.3 Å². The van der Waals surface area contributed by atoms with E-state index in [9.17, 15) is 57.9 Å². The van der Waals surface area contributed by atoms with Crippen molar-refractivity contribution in [3.8, 4) is 0 Å². The SMILES string of the molecule is CC(C)(COP(=O)(O)OP(=O)(O)OC[C@H]1O[C@@H](n2cnc3c(N)ncnc32)[C@H](O)[C@@H]1OP(=O)(O)O)C(O)C(=O)NCCC(=O)NCCCC(=O)O. The van der Waals surface area contributed by atoms with Gasteiger partial charge < -0.3 is 56.0 Å². The number of carbonyl (C=O) groups excluding carboxylic acids is 2. The monoisotopic (exact) mass is 793 g/mol. The van der Waals surface area contributed by atoms with Crippen LogP contribution < -0.4 is 16.4 Å². The minimum atomic E-state index is -5.57. The Balaban J connectivity index is 1.55. The van der Waals surface area contributed by atoms with Crippen molar-refractivity contribution in [2.75, 3.05) is 32.0 Å². The zero-order valence-corrected chi connectivity index (χ0v) is 29.5. The molecule has 7 atom stereocenters. The molecule has 11 N–H and O–H groups in total. The summed E-state index contributed by atoms with van der Waals surface area (Å²) in [5.41, 5.74) is 4.22. The zero-order chi connectivity index (χ0) is 38.4. The summed E-state index contributed by atoms with van der Waals surface area (Å²) in [4.78, 5) is 85.4. The van der Waals surface area contributed by atoms with Gasteiger partial charge in [0.05, 0.1) is 19.5 Å². The van der Waals surface area contributed by atoms with Gasteiger partial charge in [-0.1, -0.05) is 13.8 Å². The molecule has 0 saturated carbocycles. The van der Waals surface area contributed by atoms with Crippen molar-refractivity contribution < 1.29 is 85.6 Å². The van der Waals surface area contributed by atoms with Crippen LogP contribution in [0, 0.1) is 5.41 Å². The number of carbonyl (C=O) groups is 3. The fourth-order valence-electron chi connectivity index (χ4n) is 4.41. The third kappa shape index (κ3) is 12.6. The summed E-state index contributed by atoms with van der Waals surface area (Å²) in [5.74, 6) is -2.58. The van der Waals surface area contributed by atoms with Gasteiger partial charge in [-0.25, -0.2) is 28.6 Å². The lowest BCUT2D eigenvalue weighted by atomic mass is 9.87. The molecule has 2 aromatic rings. The van der Waals surface area contributed by atoms with Crippen LogP contribution in [0.15, 0.2) is 12.7 Å². The van der Waals surface area contributed by atoms with Crippen LogP contribution in [-0.4, -0.2) is 123 Å². The second kappa shape index (κ2) is 17.2. The van der Waals surface area contributed by atoms with Gasteiger partial charge in [-0.3, -0.25) is 32.5 Å². The first-order chi connectivity index (χ1) is 23.5. The largest absolute Gasteiger partial charge is 0.481 e. The number of aliphatic hydroxyl groups excluding tert-OH is 2. The number of nitrogens with zero attached hydrogens (tertiary/aromatic N) is 4. The van der Waals surface area contributed by atoms with Gasteiger partial charge in [-0.2, -0.15) is 4.31 Å².